The zero-order chi connectivity index (χ0) is 12.8. The van der Waals surface area contributed by atoms with Crippen molar-refractivity contribution in [3.8, 4) is 0 Å². The lowest BCUT2D eigenvalue weighted by Crippen LogP contribution is -2.36. The Morgan fingerprint density at radius 3 is 2.71 bits per heavy atom. The largest absolute Gasteiger partial charge is 0.481 e. The summed E-state index contributed by atoms with van der Waals surface area (Å²) in [4.78, 5) is 26.4. The monoisotopic (exact) mass is 236 g/mol. The molecule has 1 heterocycles. The van der Waals surface area contributed by atoms with Crippen molar-refractivity contribution in [2.75, 3.05) is 0 Å². The van der Waals surface area contributed by atoms with E-state index in [1.54, 1.807) is 25.1 Å². The summed E-state index contributed by atoms with van der Waals surface area (Å²) in [5, 5.41) is 11.3. The second-order valence-corrected chi connectivity index (χ2v) is 3.84. The van der Waals surface area contributed by atoms with Crippen molar-refractivity contribution < 1.29 is 14.7 Å². The van der Waals surface area contributed by atoms with Crippen molar-refractivity contribution in [1.29, 1.82) is 0 Å². The molecule has 0 bridgehead atoms. The normalized spacial score (nSPS) is 11.9. The van der Waals surface area contributed by atoms with Crippen LogP contribution in [-0.4, -0.2) is 28.0 Å². The standard InChI is InChI=1S/C12H16N2O3/c1-3-9(7-11(15)16)14-12(17)10-6-4-5-8(2)13-10/h4-6,9H,3,7H2,1-2H3,(H,14,17)(H,15,16). The molecule has 0 aliphatic carbocycles. The summed E-state index contributed by atoms with van der Waals surface area (Å²) in [6, 6.07) is 4.79. The summed E-state index contributed by atoms with van der Waals surface area (Å²) in [6.07, 6.45) is 0.498. The van der Waals surface area contributed by atoms with Crippen LogP contribution in [0.25, 0.3) is 0 Å². The van der Waals surface area contributed by atoms with E-state index < -0.39 is 5.97 Å². The molecule has 1 rings (SSSR count). The molecule has 0 radical (unpaired) electrons. The van der Waals surface area contributed by atoms with Crippen molar-refractivity contribution in [2.45, 2.75) is 32.7 Å². The molecular weight excluding hydrogens is 220 g/mol. The summed E-state index contributed by atoms with van der Waals surface area (Å²) in [7, 11) is 0. The smallest absolute Gasteiger partial charge is 0.305 e. The number of carbonyl (C=O) groups is 2. The predicted molar refractivity (Wildman–Crippen MR) is 62.8 cm³/mol. The molecular formula is C12H16N2O3. The molecule has 0 saturated heterocycles. The van der Waals surface area contributed by atoms with Crippen LogP contribution in [0, 0.1) is 6.92 Å². The number of nitrogens with one attached hydrogen (secondary N) is 1. The van der Waals surface area contributed by atoms with Crippen LogP contribution in [0.1, 0.15) is 35.9 Å². The maximum absolute atomic E-state index is 11.8. The summed E-state index contributed by atoms with van der Waals surface area (Å²) < 4.78 is 0. The molecule has 0 aliphatic rings. The summed E-state index contributed by atoms with van der Waals surface area (Å²) in [6.45, 7) is 3.63. The third kappa shape index (κ3) is 4.22. The number of rotatable bonds is 5. The van der Waals surface area contributed by atoms with Crippen molar-refractivity contribution in [3.63, 3.8) is 0 Å². The predicted octanol–water partition coefficient (Wildman–Crippen LogP) is 1.37. The van der Waals surface area contributed by atoms with E-state index in [9.17, 15) is 9.59 Å². The maximum atomic E-state index is 11.8. The van der Waals surface area contributed by atoms with Gasteiger partial charge in [0.05, 0.1) is 6.42 Å². The number of carbonyl (C=O) groups excluding carboxylic acids is 1. The number of carboxylic acids is 1. The third-order valence-electron chi connectivity index (χ3n) is 2.37. The van der Waals surface area contributed by atoms with E-state index in [0.29, 0.717) is 12.1 Å². The van der Waals surface area contributed by atoms with Crippen molar-refractivity contribution in [3.05, 3.63) is 29.6 Å². The molecule has 1 aromatic heterocycles. The minimum atomic E-state index is -0.922. The number of aromatic nitrogens is 1. The van der Waals surface area contributed by atoms with Gasteiger partial charge in [-0.25, -0.2) is 4.98 Å². The molecule has 92 valence electrons. The Bertz CT molecular complexity index is 418. The minimum Gasteiger partial charge on any atom is -0.481 e. The van der Waals surface area contributed by atoms with Gasteiger partial charge in [-0.15, -0.1) is 0 Å². The van der Waals surface area contributed by atoms with Crippen LogP contribution in [0.15, 0.2) is 18.2 Å². The second-order valence-electron chi connectivity index (χ2n) is 3.84. The van der Waals surface area contributed by atoms with Crippen LogP contribution in [0.3, 0.4) is 0 Å². The molecule has 1 aromatic rings. The van der Waals surface area contributed by atoms with Gasteiger partial charge in [0.25, 0.3) is 5.91 Å². The Kier molecular flexibility index (Phi) is 4.63. The van der Waals surface area contributed by atoms with Crippen molar-refractivity contribution in [1.82, 2.24) is 10.3 Å². The molecule has 0 aromatic carbocycles. The van der Waals surface area contributed by atoms with E-state index >= 15 is 0 Å². The fourth-order valence-corrected chi connectivity index (χ4v) is 1.44. The zero-order valence-corrected chi connectivity index (χ0v) is 9.93. The lowest BCUT2D eigenvalue weighted by atomic mass is 10.1. The number of nitrogens with zero attached hydrogens (tertiary/aromatic N) is 1. The van der Waals surface area contributed by atoms with Gasteiger partial charge in [-0.1, -0.05) is 13.0 Å². The number of hydrogen-bond acceptors (Lipinski definition) is 3. The average molecular weight is 236 g/mol. The van der Waals surface area contributed by atoms with Gasteiger partial charge in [0.15, 0.2) is 0 Å². The number of pyridine rings is 1. The molecule has 1 unspecified atom stereocenters. The van der Waals surface area contributed by atoms with Gasteiger partial charge in [0.1, 0.15) is 5.69 Å². The number of carboxylic acid groups (broad SMARTS) is 1. The first-order valence-electron chi connectivity index (χ1n) is 5.49. The molecule has 0 aliphatic heterocycles. The van der Waals surface area contributed by atoms with Gasteiger partial charge < -0.3 is 10.4 Å². The fraction of sp³-hybridized carbons (Fsp3) is 0.417. The molecule has 0 fully saturated rings. The van der Waals surface area contributed by atoms with Crippen LogP contribution < -0.4 is 5.32 Å². The van der Waals surface area contributed by atoms with E-state index in [0.717, 1.165) is 5.69 Å². The second kappa shape index (κ2) is 5.98. The molecule has 17 heavy (non-hydrogen) atoms. The van der Waals surface area contributed by atoms with Gasteiger partial charge >= 0.3 is 5.97 Å². The van der Waals surface area contributed by atoms with Crippen LogP contribution in [0.2, 0.25) is 0 Å². The number of hydrogen-bond donors (Lipinski definition) is 2. The fourth-order valence-electron chi connectivity index (χ4n) is 1.44. The van der Waals surface area contributed by atoms with Gasteiger partial charge in [0.2, 0.25) is 0 Å². The van der Waals surface area contributed by atoms with E-state index in [1.807, 2.05) is 6.92 Å². The van der Waals surface area contributed by atoms with E-state index in [2.05, 4.69) is 10.3 Å². The average Bonchev–Trinajstić information content (AvgIpc) is 2.27. The van der Waals surface area contributed by atoms with Crippen LogP contribution in [0.4, 0.5) is 0 Å². The number of aryl methyl sites for hydroxylation is 1. The highest BCUT2D eigenvalue weighted by Gasteiger charge is 2.15. The Morgan fingerprint density at radius 1 is 1.47 bits per heavy atom. The summed E-state index contributed by atoms with van der Waals surface area (Å²) in [5.41, 5.74) is 1.07. The summed E-state index contributed by atoms with van der Waals surface area (Å²) >= 11 is 0. The Labute approximate surface area is 99.9 Å². The lowest BCUT2D eigenvalue weighted by Gasteiger charge is -2.14. The number of aliphatic carboxylic acids is 1. The molecule has 1 atom stereocenters. The first-order chi connectivity index (χ1) is 8.02. The van der Waals surface area contributed by atoms with Crippen LogP contribution >= 0.6 is 0 Å². The molecule has 1 amide bonds. The van der Waals surface area contributed by atoms with E-state index in [-0.39, 0.29) is 18.4 Å². The Morgan fingerprint density at radius 2 is 2.18 bits per heavy atom. The van der Waals surface area contributed by atoms with Crippen molar-refractivity contribution >= 4 is 11.9 Å². The van der Waals surface area contributed by atoms with Crippen LogP contribution in [0.5, 0.6) is 0 Å². The van der Waals surface area contributed by atoms with Crippen LogP contribution in [-0.2, 0) is 4.79 Å². The van der Waals surface area contributed by atoms with Gasteiger partial charge in [0, 0.05) is 11.7 Å². The van der Waals surface area contributed by atoms with Crippen molar-refractivity contribution in [2.24, 2.45) is 0 Å². The van der Waals surface area contributed by atoms with E-state index in [1.165, 1.54) is 0 Å². The molecule has 0 saturated carbocycles. The Balaban J connectivity index is 2.67. The van der Waals surface area contributed by atoms with Gasteiger partial charge in [-0.2, -0.15) is 0 Å². The highest BCUT2D eigenvalue weighted by Crippen LogP contribution is 2.02. The zero-order valence-electron chi connectivity index (χ0n) is 9.93. The topological polar surface area (TPSA) is 79.3 Å². The molecule has 2 N–H and O–H groups in total. The van der Waals surface area contributed by atoms with Gasteiger partial charge in [-0.05, 0) is 25.5 Å². The quantitative estimate of drug-likeness (QED) is 0.809. The SMILES string of the molecule is CCC(CC(=O)O)NC(=O)c1cccc(C)n1. The molecule has 5 heteroatoms. The molecule has 5 nitrogen and oxygen atoms in total. The Hall–Kier alpha value is -1.91. The number of amides is 1. The minimum absolute atomic E-state index is 0.0753. The highest BCUT2D eigenvalue weighted by atomic mass is 16.4. The van der Waals surface area contributed by atoms with E-state index in [4.69, 9.17) is 5.11 Å². The third-order valence-corrected chi connectivity index (χ3v) is 2.37. The first kappa shape index (κ1) is 13.2. The van der Waals surface area contributed by atoms with Gasteiger partial charge in [-0.3, -0.25) is 9.59 Å². The lowest BCUT2D eigenvalue weighted by molar-refractivity contribution is -0.137. The highest BCUT2D eigenvalue weighted by molar-refractivity contribution is 5.92. The first-order valence-corrected chi connectivity index (χ1v) is 5.49. The molecule has 0 spiro atoms. The summed E-state index contributed by atoms with van der Waals surface area (Å²) in [5.74, 6) is -1.25. The maximum Gasteiger partial charge on any atom is 0.305 e.